The molecule has 1 aromatic carbocycles. The second-order valence-electron chi connectivity index (χ2n) is 5.95. The summed E-state index contributed by atoms with van der Waals surface area (Å²) in [6.45, 7) is 2.98. The van der Waals surface area contributed by atoms with Gasteiger partial charge in [0, 0.05) is 6.42 Å². The lowest BCUT2D eigenvalue weighted by molar-refractivity contribution is -0.140. The molecule has 1 saturated heterocycles. The molecule has 0 amide bonds. The first-order chi connectivity index (χ1) is 10.8. The van der Waals surface area contributed by atoms with Crippen LogP contribution in [0.15, 0.2) is 24.3 Å². The Morgan fingerprint density at radius 1 is 1.27 bits per heavy atom. The van der Waals surface area contributed by atoms with Crippen LogP contribution in [0.3, 0.4) is 0 Å². The first kappa shape index (κ1) is 16.8. The molecule has 1 aliphatic carbocycles. The molecule has 0 radical (unpaired) electrons. The van der Waals surface area contributed by atoms with E-state index in [1.807, 2.05) is 24.3 Å². The summed E-state index contributed by atoms with van der Waals surface area (Å²) in [5, 5.41) is 3.25. The van der Waals surface area contributed by atoms with Crippen LogP contribution < -0.4 is 10.1 Å². The van der Waals surface area contributed by atoms with Gasteiger partial charge in [-0.25, -0.2) is 0 Å². The maximum atomic E-state index is 11.1. The number of hydrogen-bond acceptors (Lipinski definition) is 4. The van der Waals surface area contributed by atoms with Gasteiger partial charge in [-0.2, -0.15) is 0 Å². The van der Waals surface area contributed by atoms with Crippen LogP contribution in [0.1, 0.15) is 37.7 Å². The van der Waals surface area contributed by atoms with Crippen molar-refractivity contribution in [2.24, 2.45) is 5.92 Å². The lowest BCUT2D eigenvalue weighted by Gasteiger charge is -2.26. The number of methoxy groups -OCH3 is 1. The van der Waals surface area contributed by atoms with Crippen molar-refractivity contribution in [3.05, 3.63) is 29.8 Å². The van der Waals surface area contributed by atoms with Gasteiger partial charge in [-0.1, -0.05) is 31.4 Å². The van der Waals surface area contributed by atoms with Crippen LogP contribution in [0.25, 0.3) is 0 Å². The fraction of sp³-hybridized carbons (Fsp3) is 0.611. The molecule has 0 bridgehead atoms. The zero-order chi connectivity index (χ0) is 15.6. The SMILES string of the molecule is C1CC1.COC(=O)CCc1cccc(OCCC2CNC2)c1. The molecule has 1 aromatic rings. The molecule has 22 heavy (non-hydrogen) atoms. The van der Waals surface area contributed by atoms with E-state index in [2.05, 4.69) is 10.1 Å². The van der Waals surface area contributed by atoms with Gasteiger partial charge in [-0.3, -0.25) is 4.79 Å². The van der Waals surface area contributed by atoms with Crippen LogP contribution in [-0.4, -0.2) is 32.8 Å². The number of rotatable bonds is 7. The molecule has 0 unspecified atom stereocenters. The van der Waals surface area contributed by atoms with Crippen molar-refractivity contribution in [2.75, 3.05) is 26.8 Å². The van der Waals surface area contributed by atoms with Crippen LogP contribution in [0.4, 0.5) is 0 Å². The number of benzene rings is 1. The van der Waals surface area contributed by atoms with Crippen molar-refractivity contribution in [2.45, 2.75) is 38.5 Å². The van der Waals surface area contributed by atoms with E-state index < -0.39 is 0 Å². The van der Waals surface area contributed by atoms with Crippen LogP contribution >= 0.6 is 0 Å². The second kappa shape index (κ2) is 9.46. The topological polar surface area (TPSA) is 47.6 Å². The van der Waals surface area contributed by atoms with Crippen molar-refractivity contribution in [3.8, 4) is 5.75 Å². The normalized spacial score (nSPS) is 16.0. The highest BCUT2D eigenvalue weighted by Gasteiger charge is 2.16. The number of carbonyl (C=O) groups is 1. The molecule has 0 aromatic heterocycles. The van der Waals surface area contributed by atoms with E-state index in [-0.39, 0.29) is 5.97 Å². The average molecular weight is 305 g/mol. The van der Waals surface area contributed by atoms with Crippen LogP contribution in [0.2, 0.25) is 0 Å². The number of nitrogens with one attached hydrogen (secondary N) is 1. The van der Waals surface area contributed by atoms with Gasteiger partial charge in [0.25, 0.3) is 0 Å². The summed E-state index contributed by atoms with van der Waals surface area (Å²) in [5.41, 5.74) is 1.10. The fourth-order valence-electron chi connectivity index (χ4n) is 2.04. The molecule has 1 saturated carbocycles. The summed E-state index contributed by atoms with van der Waals surface area (Å²) in [5.74, 6) is 1.47. The summed E-state index contributed by atoms with van der Waals surface area (Å²) in [7, 11) is 1.41. The largest absolute Gasteiger partial charge is 0.494 e. The van der Waals surface area contributed by atoms with Gasteiger partial charge in [0.2, 0.25) is 0 Å². The Morgan fingerprint density at radius 3 is 2.64 bits per heavy atom. The average Bonchev–Trinajstić information content (AvgIpc) is 3.36. The molecule has 4 nitrogen and oxygen atoms in total. The van der Waals surface area contributed by atoms with Gasteiger partial charge >= 0.3 is 5.97 Å². The lowest BCUT2D eigenvalue weighted by Crippen LogP contribution is -2.42. The minimum Gasteiger partial charge on any atom is -0.494 e. The van der Waals surface area contributed by atoms with Crippen LogP contribution in [0.5, 0.6) is 5.75 Å². The van der Waals surface area contributed by atoms with Gasteiger partial charge in [-0.05, 0) is 49.5 Å². The Balaban J connectivity index is 0.000000523. The third kappa shape index (κ3) is 6.94. The highest BCUT2D eigenvalue weighted by molar-refractivity contribution is 5.69. The highest BCUT2D eigenvalue weighted by Crippen LogP contribution is 2.16. The Kier molecular flexibility index (Phi) is 7.23. The predicted molar refractivity (Wildman–Crippen MR) is 87.1 cm³/mol. The maximum absolute atomic E-state index is 11.1. The fourth-order valence-corrected chi connectivity index (χ4v) is 2.04. The molecule has 3 rings (SSSR count). The monoisotopic (exact) mass is 305 g/mol. The van der Waals surface area contributed by atoms with Gasteiger partial charge < -0.3 is 14.8 Å². The first-order valence-corrected chi connectivity index (χ1v) is 8.27. The van der Waals surface area contributed by atoms with Crippen molar-refractivity contribution in [3.63, 3.8) is 0 Å². The molecule has 1 aliphatic heterocycles. The van der Waals surface area contributed by atoms with E-state index in [0.717, 1.165) is 43.3 Å². The summed E-state index contributed by atoms with van der Waals surface area (Å²) >= 11 is 0. The molecular weight excluding hydrogens is 278 g/mol. The second-order valence-corrected chi connectivity index (χ2v) is 5.95. The Morgan fingerprint density at radius 2 is 2.05 bits per heavy atom. The molecule has 1 heterocycles. The van der Waals surface area contributed by atoms with Crippen molar-refractivity contribution < 1.29 is 14.3 Å². The van der Waals surface area contributed by atoms with Crippen LogP contribution in [0, 0.1) is 5.92 Å². The van der Waals surface area contributed by atoms with E-state index in [1.165, 1.54) is 26.4 Å². The third-order valence-electron chi connectivity index (χ3n) is 3.76. The van der Waals surface area contributed by atoms with Crippen molar-refractivity contribution in [1.29, 1.82) is 0 Å². The highest BCUT2D eigenvalue weighted by atomic mass is 16.5. The van der Waals surface area contributed by atoms with Gasteiger partial charge in [-0.15, -0.1) is 0 Å². The van der Waals surface area contributed by atoms with E-state index >= 15 is 0 Å². The zero-order valence-corrected chi connectivity index (χ0v) is 13.5. The van der Waals surface area contributed by atoms with E-state index in [4.69, 9.17) is 4.74 Å². The minimum absolute atomic E-state index is 0.177. The summed E-state index contributed by atoms with van der Waals surface area (Å²) in [4.78, 5) is 11.1. The minimum atomic E-state index is -0.177. The van der Waals surface area contributed by atoms with E-state index in [0.29, 0.717) is 12.8 Å². The lowest BCUT2D eigenvalue weighted by atomic mass is 10.0. The number of carbonyl (C=O) groups excluding carboxylic acids is 1. The molecule has 2 aliphatic rings. The van der Waals surface area contributed by atoms with Crippen molar-refractivity contribution >= 4 is 5.97 Å². The van der Waals surface area contributed by atoms with Crippen molar-refractivity contribution in [1.82, 2.24) is 5.32 Å². The molecule has 122 valence electrons. The van der Waals surface area contributed by atoms with E-state index in [1.54, 1.807) is 0 Å². The molecule has 2 fully saturated rings. The van der Waals surface area contributed by atoms with Gasteiger partial charge in [0.05, 0.1) is 13.7 Å². The first-order valence-electron chi connectivity index (χ1n) is 8.27. The Bertz CT molecular complexity index is 453. The van der Waals surface area contributed by atoms with Gasteiger partial charge in [0.15, 0.2) is 0 Å². The predicted octanol–water partition coefficient (Wildman–Crippen LogP) is 2.95. The molecule has 1 N–H and O–H groups in total. The Labute approximate surface area is 133 Å². The molecular formula is C18H27NO3. The quantitative estimate of drug-likeness (QED) is 0.787. The molecule has 0 spiro atoms. The number of esters is 1. The third-order valence-corrected chi connectivity index (χ3v) is 3.76. The summed E-state index contributed by atoms with van der Waals surface area (Å²) in [6, 6.07) is 7.93. The van der Waals surface area contributed by atoms with Gasteiger partial charge in [0.1, 0.15) is 5.75 Å². The summed E-state index contributed by atoms with van der Waals surface area (Å²) < 4.78 is 10.4. The number of ether oxygens (including phenoxy) is 2. The number of hydrogen-bond donors (Lipinski definition) is 1. The Hall–Kier alpha value is -1.55. The molecule has 4 heteroatoms. The molecule has 0 atom stereocenters. The number of aryl methyl sites for hydroxylation is 1. The van der Waals surface area contributed by atoms with E-state index in [9.17, 15) is 4.79 Å². The maximum Gasteiger partial charge on any atom is 0.305 e. The zero-order valence-electron chi connectivity index (χ0n) is 13.5. The summed E-state index contributed by atoms with van der Waals surface area (Å²) in [6.07, 6.45) is 6.70. The smallest absolute Gasteiger partial charge is 0.305 e. The van der Waals surface area contributed by atoms with Crippen LogP contribution in [-0.2, 0) is 16.0 Å². The standard InChI is InChI=1S/C15H21NO3.C3H6/c1-18-15(17)6-5-12-3-2-4-14(9-12)19-8-7-13-10-16-11-13;1-2-3-1/h2-4,9,13,16H,5-8,10-11H2,1H3;1-3H2.